The Morgan fingerprint density at radius 1 is 1.20 bits per heavy atom. The van der Waals surface area contributed by atoms with Crippen LogP contribution in [0.1, 0.15) is 15.9 Å². The number of hydrogen-bond donors (Lipinski definition) is 0. The lowest BCUT2D eigenvalue weighted by Gasteiger charge is -2.04. The van der Waals surface area contributed by atoms with Crippen LogP contribution in [0.3, 0.4) is 0 Å². The van der Waals surface area contributed by atoms with E-state index in [1.807, 2.05) is 24.3 Å². The summed E-state index contributed by atoms with van der Waals surface area (Å²) in [6.45, 7) is 0.637. The van der Waals surface area contributed by atoms with Crippen molar-refractivity contribution in [3.05, 3.63) is 71.0 Å². The number of nitrogens with zero attached hydrogens (tertiary/aromatic N) is 2. The molecule has 6 nitrogen and oxygen atoms in total. The van der Waals surface area contributed by atoms with E-state index in [9.17, 15) is 4.79 Å². The molecule has 0 N–H and O–H groups in total. The molecule has 0 saturated heterocycles. The number of halogens is 1. The molecule has 0 atom stereocenters. The standard InChI is InChI=1S/C18H13ClN2O4/c19-15-4-2-1-3-12(15)9-21-10-13(8-20-21)18(22)25-14-5-6-16-17(7-14)24-11-23-16/h1-8,10H,9,11H2. The lowest BCUT2D eigenvalue weighted by molar-refractivity contribution is 0.0734. The summed E-state index contributed by atoms with van der Waals surface area (Å²) in [5.41, 5.74) is 1.27. The Labute approximate surface area is 148 Å². The number of rotatable bonds is 4. The van der Waals surface area contributed by atoms with Gasteiger partial charge < -0.3 is 14.2 Å². The molecule has 2 heterocycles. The average Bonchev–Trinajstić information content (AvgIpc) is 3.25. The summed E-state index contributed by atoms with van der Waals surface area (Å²) in [4.78, 5) is 12.3. The Balaban J connectivity index is 1.46. The van der Waals surface area contributed by atoms with E-state index in [2.05, 4.69) is 5.10 Å². The SMILES string of the molecule is O=C(Oc1ccc2c(c1)OCO2)c1cnn(Cc2ccccc2Cl)c1. The third-order valence-electron chi connectivity index (χ3n) is 3.71. The van der Waals surface area contributed by atoms with Crippen molar-refractivity contribution in [3.63, 3.8) is 0 Å². The Bertz CT molecular complexity index is 938. The van der Waals surface area contributed by atoms with Crippen molar-refractivity contribution in [1.29, 1.82) is 0 Å². The summed E-state index contributed by atoms with van der Waals surface area (Å²) >= 11 is 6.14. The van der Waals surface area contributed by atoms with E-state index in [-0.39, 0.29) is 6.79 Å². The van der Waals surface area contributed by atoms with Gasteiger partial charge in [-0.15, -0.1) is 0 Å². The van der Waals surface area contributed by atoms with Crippen LogP contribution in [0.4, 0.5) is 0 Å². The highest BCUT2D eigenvalue weighted by Crippen LogP contribution is 2.35. The first kappa shape index (κ1) is 15.5. The molecule has 1 aliphatic rings. The first-order valence-electron chi connectivity index (χ1n) is 7.57. The first-order valence-corrected chi connectivity index (χ1v) is 7.94. The van der Waals surface area contributed by atoms with Crippen LogP contribution in [0.2, 0.25) is 5.02 Å². The van der Waals surface area contributed by atoms with E-state index in [1.165, 1.54) is 6.20 Å². The number of carbonyl (C=O) groups is 1. The maximum absolute atomic E-state index is 12.3. The van der Waals surface area contributed by atoms with Crippen LogP contribution in [0.5, 0.6) is 17.2 Å². The summed E-state index contributed by atoms with van der Waals surface area (Å²) in [5.74, 6) is 1.07. The molecule has 126 valence electrons. The third-order valence-corrected chi connectivity index (χ3v) is 4.08. The highest BCUT2D eigenvalue weighted by Gasteiger charge is 2.17. The lowest BCUT2D eigenvalue weighted by Crippen LogP contribution is -2.07. The van der Waals surface area contributed by atoms with E-state index in [0.717, 1.165) is 5.56 Å². The third kappa shape index (κ3) is 3.29. The van der Waals surface area contributed by atoms with Gasteiger partial charge in [-0.05, 0) is 23.8 Å². The Kier molecular flexibility index (Phi) is 4.03. The topological polar surface area (TPSA) is 62.6 Å². The number of hydrogen-bond acceptors (Lipinski definition) is 5. The summed E-state index contributed by atoms with van der Waals surface area (Å²) in [7, 11) is 0. The van der Waals surface area contributed by atoms with Gasteiger partial charge in [0, 0.05) is 17.3 Å². The van der Waals surface area contributed by atoms with Crippen molar-refractivity contribution < 1.29 is 19.0 Å². The molecule has 0 saturated carbocycles. The molecular formula is C18H13ClN2O4. The van der Waals surface area contributed by atoms with Crippen molar-refractivity contribution in [2.75, 3.05) is 6.79 Å². The molecule has 0 radical (unpaired) electrons. The summed E-state index contributed by atoms with van der Waals surface area (Å²) in [6.07, 6.45) is 3.09. The van der Waals surface area contributed by atoms with Crippen LogP contribution in [0.15, 0.2) is 54.9 Å². The predicted octanol–water partition coefficient (Wildman–Crippen LogP) is 3.53. The zero-order chi connectivity index (χ0) is 17.2. The van der Waals surface area contributed by atoms with Crippen LogP contribution >= 0.6 is 11.6 Å². The lowest BCUT2D eigenvalue weighted by atomic mass is 10.2. The van der Waals surface area contributed by atoms with Crippen LogP contribution in [-0.2, 0) is 6.54 Å². The Hall–Kier alpha value is -2.99. The molecule has 1 aromatic heterocycles. The van der Waals surface area contributed by atoms with Crippen LogP contribution < -0.4 is 14.2 Å². The molecule has 25 heavy (non-hydrogen) atoms. The van der Waals surface area contributed by atoms with Crippen molar-refractivity contribution in [2.24, 2.45) is 0 Å². The van der Waals surface area contributed by atoms with E-state index < -0.39 is 5.97 Å². The molecular weight excluding hydrogens is 344 g/mol. The van der Waals surface area contributed by atoms with E-state index in [4.69, 9.17) is 25.8 Å². The Morgan fingerprint density at radius 3 is 2.92 bits per heavy atom. The largest absolute Gasteiger partial charge is 0.454 e. The monoisotopic (exact) mass is 356 g/mol. The zero-order valence-corrected chi connectivity index (χ0v) is 13.8. The van der Waals surface area contributed by atoms with Gasteiger partial charge in [0.05, 0.1) is 18.3 Å². The molecule has 4 rings (SSSR count). The molecule has 0 aliphatic carbocycles. The minimum Gasteiger partial charge on any atom is -0.454 e. The fourth-order valence-corrected chi connectivity index (χ4v) is 2.66. The quantitative estimate of drug-likeness (QED) is 0.528. The van der Waals surface area contributed by atoms with Gasteiger partial charge in [0.15, 0.2) is 11.5 Å². The van der Waals surface area contributed by atoms with Gasteiger partial charge in [-0.25, -0.2) is 4.79 Å². The maximum Gasteiger partial charge on any atom is 0.346 e. The summed E-state index contributed by atoms with van der Waals surface area (Å²) < 4.78 is 17.5. The van der Waals surface area contributed by atoms with Crippen LogP contribution in [-0.4, -0.2) is 22.5 Å². The second-order valence-electron chi connectivity index (χ2n) is 5.42. The number of fused-ring (bicyclic) bond motifs is 1. The van der Waals surface area contributed by atoms with Gasteiger partial charge in [0.2, 0.25) is 6.79 Å². The van der Waals surface area contributed by atoms with E-state index in [1.54, 1.807) is 29.1 Å². The number of carbonyl (C=O) groups excluding carboxylic acids is 1. The molecule has 0 spiro atoms. The predicted molar refractivity (Wildman–Crippen MR) is 90.3 cm³/mol. The molecule has 0 amide bonds. The highest BCUT2D eigenvalue weighted by molar-refractivity contribution is 6.31. The number of ether oxygens (including phenoxy) is 3. The van der Waals surface area contributed by atoms with E-state index >= 15 is 0 Å². The van der Waals surface area contributed by atoms with Gasteiger partial charge in [-0.3, -0.25) is 4.68 Å². The normalized spacial score (nSPS) is 12.2. The average molecular weight is 357 g/mol. The minimum absolute atomic E-state index is 0.168. The van der Waals surface area contributed by atoms with Crippen molar-refractivity contribution in [1.82, 2.24) is 9.78 Å². The highest BCUT2D eigenvalue weighted by atomic mass is 35.5. The smallest absolute Gasteiger partial charge is 0.346 e. The fraction of sp³-hybridized carbons (Fsp3) is 0.111. The molecule has 0 bridgehead atoms. The van der Waals surface area contributed by atoms with Gasteiger partial charge >= 0.3 is 5.97 Å². The van der Waals surface area contributed by atoms with Gasteiger partial charge in [0.1, 0.15) is 5.75 Å². The van der Waals surface area contributed by atoms with Crippen molar-refractivity contribution in [3.8, 4) is 17.2 Å². The summed E-state index contributed by atoms with van der Waals surface area (Å²) in [5, 5.41) is 4.84. The second-order valence-corrected chi connectivity index (χ2v) is 5.83. The number of aromatic nitrogens is 2. The fourth-order valence-electron chi connectivity index (χ4n) is 2.46. The second kappa shape index (κ2) is 6.49. The zero-order valence-electron chi connectivity index (χ0n) is 13.0. The maximum atomic E-state index is 12.3. The number of esters is 1. The Morgan fingerprint density at radius 2 is 2.04 bits per heavy atom. The van der Waals surface area contributed by atoms with Gasteiger partial charge in [-0.1, -0.05) is 29.8 Å². The molecule has 1 aliphatic heterocycles. The molecule has 0 fully saturated rings. The first-order chi connectivity index (χ1) is 12.2. The van der Waals surface area contributed by atoms with Crippen LogP contribution in [0, 0.1) is 0 Å². The molecule has 2 aromatic carbocycles. The van der Waals surface area contributed by atoms with Gasteiger partial charge in [0.25, 0.3) is 0 Å². The molecule has 0 unspecified atom stereocenters. The molecule has 3 aromatic rings. The van der Waals surface area contributed by atoms with E-state index in [0.29, 0.717) is 34.4 Å². The number of benzene rings is 2. The molecule has 7 heteroatoms. The van der Waals surface area contributed by atoms with Crippen molar-refractivity contribution >= 4 is 17.6 Å². The van der Waals surface area contributed by atoms with Crippen molar-refractivity contribution in [2.45, 2.75) is 6.54 Å². The summed E-state index contributed by atoms with van der Waals surface area (Å²) in [6, 6.07) is 12.5. The van der Waals surface area contributed by atoms with Crippen LogP contribution in [0.25, 0.3) is 0 Å². The van der Waals surface area contributed by atoms with Gasteiger partial charge in [-0.2, -0.15) is 5.10 Å². The minimum atomic E-state index is -0.496.